The van der Waals surface area contributed by atoms with Gasteiger partial charge in [-0.2, -0.15) is 0 Å². The van der Waals surface area contributed by atoms with Gasteiger partial charge < -0.3 is 24.4 Å². The quantitative estimate of drug-likeness (QED) is 0.129. The summed E-state index contributed by atoms with van der Waals surface area (Å²) in [5.41, 5.74) is -1.07. The number of esters is 1. The molecule has 3 unspecified atom stereocenters. The van der Waals surface area contributed by atoms with Gasteiger partial charge in [-0.1, -0.05) is 40.9 Å². The molecule has 37 heavy (non-hydrogen) atoms. The second-order valence-corrected chi connectivity index (χ2v) is 11.8. The van der Waals surface area contributed by atoms with Crippen molar-refractivity contribution in [3.8, 4) is 0 Å². The maximum absolute atomic E-state index is 14.1. The van der Waals surface area contributed by atoms with E-state index in [0.29, 0.717) is 32.4 Å². The minimum Gasteiger partial charge on any atom is -0.465 e. The Labute approximate surface area is 229 Å². The number of unbranched alkanes of at least 4 members (excludes halogenated alkanes) is 5. The van der Waals surface area contributed by atoms with Crippen molar-refractivity contribution in [2.75, 3.05) is 26.3 Å². The monoisotopic (exact) mass is 582 g/mol. The Morgan fingerprint density at radius 3 is 2.59 bits per heavy atom. The molecule has 2 bridgehead atoms. The van der Waals surface area contributed by atoms with Crippen molar-refractivity contribution >= 4 is 33.7 Å². The molecule has 0 radical (unpaired) electrons. The summed E-state index contributed by atoms with van der Waals surface area (Å²) in [5.74, 6) is -2.27. The second-order valence-electron chi connectivity index (χ2n) is 10.7. The number of ether oxygens (including phenoxy) is 2. The fraction of sp³-hybridized carbons (Fsp3) is 0.750. The number of hydrogen-bond donors (Lipinski definition) is 1. The van der Waals surface area contributed by atoms with Crippen LogP contribution in [0.25, 0.3) is 0 Å². The molecule has 3 fully saturated rings. The number of halogens is 1. The van der Waals surface area contributed by atoms with Crippen LogP contribution in [0.15, 0.2) is 25.3 Å². The van der Waals surface area contributed by atoms with Gasteiger partial charge in [-0.05, 0) is 52.4 Å². The Bertz CT molecular complexity index is 851. The highest BCUT2D eigenvalue weighted by atomic mass is 79.9. The van der Waals surface area contributed by atoms with E-state index in [0.717, 1.165) is 32.1 Å². The van der Waals surface area contributed by atoms with Crippen molar-refractivity contribution in [3.05, 3.63) is 25.3 Å². The normalized spacial score (nSPS) is 30.0. The molecule has 0 aliphatic carbocycles. The molecular formula is C28H43BrN2O6. The Hall–Kier alpha value is -1.71. The summed E-state index contributed by atoms with van der Waals surface area (Å²) >= 11 is 3.69. The van der Waals surface area contributed by atoms with E-state index < -0.39 is 35.6 Å². The van der Waals surface area contributed by atoms with Crippen LogP contribution < -0.4 is 0 Å². The molecule has 3 rings (SSSR count). The van der Waals surface area contributed by atoms with E-state index in [2.05, 4.69) is 29.1 Å². The van der Waals surface area contributed by atoms with Crippen LogP contribution in [-0.2, 0) is 23.9 Å². The van der Waals surface area contributed by atoms with Crippen molar-refractivity contribution in [2.45, 2.75) is 93.8 Å². The summed E-state index contributed by atoms with van der Waals surface area (Å²) in [6.45, 7) is 12.6. The summed E-state index contributed by atoms with van der Waals surface area (Å²) in [6.07, 6.45) is 9.06. The molecule has 6 atom stereocenters. The Kier molecular flexibility index (Phi) is 10.8. The number of aliphatic hydroxyl groups is 1. The maximum Gasteiger partial charge on any atom is 0.312 e. The van der Waals surface area contributed by atoms with Crippen molar-refractivity contribution in [1.29, 1.82) is 0 Å². The van der Waals surface area contributed by atoms with Crippen LogP contribution in [0, 0.1) is 11.8 Å². The average molecular weight is 584 g/mol. The lowest BCUT2D eigenvalue weighted by Gasteiger charge is -2.38. The molecule has 1 spiro atoms. The van der Waals surface area contributed by atoms with E-state index in [9.17, 15) is 14.4 Å². The zero-order chi connectivity index (χ0) is 27.2. The smallest absolute Gasteiger partial charge is 0.312 e. The molecule has 3 aliphatic heterocycles. The summed E-state index contributed by atoms with van der Waals surface area (Å²) in [5, 5.41) is 9.10. The van der Waals surface area contributed by atoms with Crippen LogP contribution in [0.1, 0.15) is 65.2 Å². The van der Waals surface area contributed by atoms with Crippen molar-refractivity contribution < 1.29 is 29.0 Å². The number of fused-ring (bicyclic) bond motifs is 1. The molecule has 0 aromatic carbocycles. The third kappa shape index (κ3) is 5.98. The molecule has 9 heteroatoms. The molecule has 3 heterocycles. The zero-order valence-electron chi connectivity index (χ0n) is 22.3. The number of aliphatic hydroxyl groups excluding tert-OH is 1. The number of likely N-dealkylation sites (tertiary alicyclic amines) is 1. The summed E-state index contributed by atoms with van der Waals surface area (Å²) in [7, 11) is 0. The second kappa shape index (κ2) is 13.4. The molecule has 3 aliphatic rings. The van der Waals surface area contributed by atoms with Gasteiger partial charge in [0.2, 0.25) is 11.8 Å². The largest absolute Gasteiger partial charge is 0.465 e. The number of nitrogens with zero attached hydrogens (tertiary/aromatic N) is 2. The predicted octanol–water partition coefficient (Wildman–Crippen LogP) is 3.61. The summed E-state index contributed by atoms with van der Waals surface area (Å²) in [6, 6.07) is -0.891. The van der Waals surface area contributed by atoms with Gasteiger partial charge in [0.05, 0.1) is 24.5 Å². The minimum absolute atomic E-state index is 0.0860. The van der Waals surface area contributed by atoms with Crippen LogP contribution in [0.4, 0.5) is 0 Å². The van der Waals surface area contributed by atoms with Crippen LogP contribution in [0.2, 0.25) is 0 Å². The van der Waals surface area contributed by atoms with Crippen molar-refractivity contribution in [2.24, 2.45) is 11.8 Å². The Morgan fingerprint density at radius 2 is 1.95 bits per heavy atom. The highest BCUT2D eigenvalue weighted by Gasteiger charge is 2.77. The third-order valence-corrected chi connectivity index (χ3v) is 8.73. The van der Waals surface area contributed by atoms with Gasteiger partial charge >= 0.3 is 5.97 Å². The number of hydrogen-bond acceptors (Lipinski definition) is 6. The van der Waals surface area contributed by atoms with Crippen LogP contribution in [-0.4, -0.2) is 87.6 Å². The number of allylic oxidation sites excluding steroid dienone is 1. The van der Waals surface area contributed by atoms with Gasteiger partial charge in [-0.3, -0.25) is 14.4 Å². The highest BCUT2D eigenvalue weighted by molar-refractivity contribution is 9.09. The number of carbonyl (C=O) groups is 3. The van der Waals surface area contributed by atoms with Gasteiger partial charge in [0, 0.05) is 30.6 Å². The first kappa shape index (κ1) is 29.8. The fourth-order valence-corrected chi connectivity index (χ4v) is 7.12. The number of rotatable bonds is 16. The minimum atomic E-state index is -1.07. The van der Waals surface area contributed by atoms with Gasteiger partial charge in [-0.25, -0.2) is 0 Å². The summed E-state index contributed by atoms with van der Waals surface area (Å²) in [4.78, 5) is 44.6. The molecule has 0 aromatic rings. The molecule has 0 aromatic heterocycles. The van der Waals surface area contributed by atoms with E-state index in [1.807, 2.05) is 19.9 Å². The SMILES string of the molecule is C=CCCCCOC(=O)[C@H]1[C@H]2C(=O)N(CCCCCCO)C(C(=O)N(CC=C)C(C)C)C23CC(Br)[C@@H]1O3. The van der Waals surface area contributed by atoms with Crippen LogP contribution >= 0.6 is 15.9 Å². The fourth-order valence-electron chi connectivity index (χ4n) is 6.18. The van der Waals surface area contributed by atoms with E-state index >= 15 is 0 Å². The topological polar surface area (TPSA) is 96.4 Å². The molecular weight excluding hydrogens is 540 g/mol. The van der Waals surface area contributed by atoms with Crippen molar-refractivity contribution in [1.82, 2.24) is 9.80 Å². The first-order valence-electron chi connectivity index (χ1n) is 13.7. The molecule has 1 N–H and O–H groups in total. The first-order chi connectivity index (χ1) is 17.7. The van der Waals surface area contributed by atoms with Gasteiger partial charge in [0.25, 0.3) is 0 Å². The Morgan fingerprint density at radius 1 is 1.22 bits per heavy atom. The predicted molar refractivity (Wildman–Crippen MR) is 145 cm³/mol. The van der Waals surface area contributed by atoms with Gasteiger partial charge in [0.1, 0.15) is 11.6 Å². The highest BCUT2D eigenvalue weighted by Crippen LogP contribution is 2.60. The lowest BCUT2D eigenvalue weighted by atomic mass is 9.70. The standard InChI is InChI=1S/C28H43BrN2O6/c1-5-7-8-13-17-36-27(35)21-22-25(33)31(15-11-9-10-12-16-32)24(26(34)30(14-6-2)19(3)4)28(22)18-20(29)23(21)37-28/h5-6,19-24,32H,1-2,7-18H2,3-4H3/t20?,21-,22-,23-,24?,28?/m0/s1. The van der Waals surface area contributed by atoms with E-state index in [1.165, 1.54) is 0 Å². The van der Waals surface area contributed by atoms with Crippen LogP contribution in [0.3, 0.4) is 0 Å². The Balaban J connectivity index is 1.89. The number of alkyl halides is 1. The first-order valence-corrected chi connectivity index (χ1v) is 14.6. The number of carbonyl (C=O) groups excluding carboxylic acids is 3. The number of amides is 2. The zero-order valence-corrected chi connectivity index (χ0v) is 23.9. The van der Waals surface area contributed by atoms with Gasteiger partial charge in [-0.15, -0.1) is 13.2 Å². The lowest BCUT2D eigenvalue weighted by Crippen LogP contribution is -2.58. The van der Waals surface area contributed by atoms with E-state index in [1.54, 1.807) is 15.9 Å². The third-order valence-electron chi connectivity index (χ3n) is 7.88. The van der Waals surface area contributed by atoms with Crippen molar-refractivity contribution in [3.63, 3.8) is 0 Å². The molecule has 0 saturated carbocycles. The van der Waals surface area contributed by atoms with E-state index in [4.69, 9.17) is 14.6 Å². The lowest BCUT2D eigenvalue weighted by molar-refractivity contribution is -0.155. The van der Waals surface area contributed by atoms with E-state index in [-0.39, 0.29) is 35.9 Å². The molecule has 2 amide bonds. The van der Waals surface area contributed by atoms with Gasteiger partial charge in [0.15, 0.2) is 0 Å². The molecule has 208 valence electrons. The summed E-state index contributed by atoms with van der Waals surface area (Å²) < 4.78 is 12.2. The van der Waals surface area contributed by atoms with Crippen LogP contribution in [0.5, 0.6) is 0 Å². The molecule has 3 saturated heterocycles. The maximum atomic E-state index is 14.1. The average Bonchev–Trinajstić information content (AvgIpc) is 3.45. The molecule has 8 nitrogen and oxygen atoms in total.